The normalized spacial score (nSPS) is 23.3. The molecule has 0 aromatic heterocycles. The van der Waals surface area contributed by atoms with E-state index in [1.165, 1.54) is 6.92 Å². The summed E-state index contributed by atoms with van der Waals surface area (Å²) in [5.74, 6) is 0.502. The highest BCUT2D eigenvalue weighted by atomic mass is 32.2. The van der Waals surface area contributed by atoms with Gasteiger partial charge >= 0.3 is 0 Å². The molecule has 1 spiro atoms. The van der Waals surface area contributed by atoms with Gasteiger partial charge in [-0.3, -0.25) is 19.2 Å². The van der Waals surface area contributed by atoms with Crippen molar-refractivity contribution in [2.45, 2.75) is 32.2 Å². The summed E-state index contributed by atoms with van der Waals surface area (Å²) < 4.78 is 0. The molecule has 0 radical (unpaired) electrons. The van der Waals surface area contributed by atoms with Crippen molar-refractivity contribution in [1.82, 2.24) is 15.1 Å². The number of thioether (sulfide) groups is 1. The zero-order valence-electron chi connectivity index (χ0n) is 16.5. The molecule has 3 fully saturated rings. The molecule has 0 bridgehead atoms. The molecule has 3 amide bonds. The Morgan fingerprint density at radius 3 is 2.14 bits per heavy atom. The maximum absolute atomic E-state index is 12.8. The lowest BCUT2D eigenvalue weighted by Crippen LogP contribution is -2.47. The maximum atomic E-state index is 12.8. The van der Waals surface area contributed by atoms with Crippen molar-refractivity contribution in [2.24, 2.45) is 5.41 Å². The van der Waals surface area contributed by atoms with Crippen LogP contribution in [0.2, 0.25) is 0 Å². The average molecular weight is 416 g/mol. The number of rotatable bonds is 3. The molecule has 3 saturated heterocycles. The quantitative estimate of drug-likeness (QED) is 0.765. The number of hydrogen-bond acceptors (Lipinski definition) is 5. The molecule has 8 heteroatoms. The molecule has 7 nitrogen and oxygen atoms in total. The molecule has 1 N–H and O–H groups in total. The van der Waals surface area contributed by atoms with Crippen molar-refractivity contribution < 1.29 is 19.2 Å². The van der Waals surface area contributed by atoms with E-state index in [1.54, 1.807) is 24.3 Å². The van der Waals surface area contributed by atoms with Crippen molar-refractivity contribution >= 4 is 34.6 Å². The van der Waals surface area contributed by atoms with E-state index in [9.17, 15) is 19.2 Å². The lowest BCUT2D eigenvalue weighted by molar-refractivity contribution is -0.132. The zero-order chi connectivity index (χ0) is 20.6. The second-order valence-electron chi connectivity index (χ2n) is 8.23. The van der Waals surface area contributed by atoms with Crippen molar-refractivity contribution in [2.75, 3.05) is 31.9 Å². The van der Waals surface area contributed by atoms with Gasteiger partial charge in [0.1, 0.15) is 6.04 Å². The number of carbonyl (C=O) groups excluding carboxylic acids is 4. The van der Waals surface area contributed by atoms with Gasteiger partial charge in [-0.2, -0.15) is 0 Å². The number of likely N-dealkylation sites (tertiary alicyclic amines) is 2. The number of carbonyl (C=O) groups is 4. The van der Waals surface area contributed by atoms with E-state index in [-0.39, 0.29) is 28.3 Å². The van der Waals surface area contributed by atoms with Gasteiger partial charge in [0.05, 0.1) is 0 Å². The Morgan fingerprint density at radius 2 is 1.59 bits per heavy atom. The molecule has 3 aliphatic rings. The Morgan fingerprint density at radius 1 is 1.00 bits per heavy atom. The van der Waals surface area contributed by atoms with Crippen LogP contribution in [0.4, 0.5) is 4.79 Å². The molecular formula is C21H25N3O4S. The predicted octanol–water partition coefficient (Wildman–Crippen LogP) is 2.17. The summed E-state index contributed by atoms with van der Waals surface area (Å²) in [5, 5.41) is 2.61. The first-order chi connectivity index (χ1) is 13.9. The zero-order valence-corrected chi connectivity index (χ0v) is 17.3. The van der Waals surface area contributed by atoms with Gasteiger partial charge in [-0.1, -0.05) is 23.9 Å². The van der Waals surface area contributed by atoms with E-state index in [0.29, 0.717) is 36.5 Å². The van der Waals surface area contributed by atoms with Crippen LogP contribution in [0.3, 0.4) is 0 Å². The number of ketones is 1. The minimum absolute atomic E-state index is 0.00780. The molecule has 0 saturated carbocycles. The van der Waals surface area contributed by atoms with E-state index in [4.69, 9.17) is 0 Å². The molecular weight excluding hydrogens is 390 g/mol. The molecule has 0 unspecified atom stereocenters. The number of nitrogens with one attached hydrogen (secondary N) is 1. The van der Waals surface area contributed by atoms with E-state index >= 15 is 0 Å². The van der Waals surface area contributed by atoms with Gasteiger partial charge in [-0.25, -0.2) is 0 Å². The topological polar surface area (TPSA) is 86.8 Å². The lowest BCUT2D eigenvalue weighted by Gasteiger charge is -2.39. The van der Waals surface area contributed by atoms with Crippen LogP contribution in [0.15, 0.2) is 24.3 Å². The highest BCUT2D eigenvalue weighted by molar-refractivity contribution is 8.14. The second-order valence-corrected chi connectivity index (χ2v) is 9.22. The SMILES string of the molecule is CC(=O)c1ccc(C(=O)N2CCC3(CC2)CCN(C(=O)[C@@H]2CSC(=O)N2)C3)cc1. The molecule has 1 atom stereocenters. The molecule has 1 aromatic carbocycles. The van der Waals surface area contributed by atoms with Gasteiger partial charge in [0.25, 0.3) is 11.1 Å². The van der Waals surface area contributed by atoms with Crippen LogP contribution in [-0.4, -0.2) is 70.6 Å². The van der Waals surface area contributed by atoms with E-state index in [0.717, 1.165) is 37.6 Å². The fraction of sp³-hybridized carbons (Fsp3) is 0.524. The van der Waals surface area contributed by atoms with Gasteiger partial charge in [-0.05, 0) is 43.7 Å². The first kappa shape index (κ1) is 19.9. The Hall–Kier alpha value is -2.35. The fourth-order valence-corrected chi connectivity index (χ4v) is 5.25. The van der Waals surface area contributed by atoms with E-state index in [2.05, 4.69) is 5.32 Å². The van der Waals surface area contributed by atoms with Crippen LogP contribution in [-0.2, 0) is 4.79 Å². The molecule has 4 rings (SSSR count). The van der Waals surface area contributed by atoms with Gasteiger partial charge in [0.2, 0.25) is 5.91 Å². The first-order valence-corrected chi connectivity index (χ1v) is 11.0. The summed E-state index contributed by atoms with van der Waals surface area (Å²) in [6.07, 6.45) is 2.70. The smallest absolute Gasteiger partial charge is 0.279 e. The first-order valence-electron chi connectivity index (χ1n) is 9.99. The van der Waals surface area contributed by atoms with Crippen molar-refractivity contribution in [3.8, 4) is 0 Å². The van der Waals surface area contributed by atoms with Gasteiger partial charge in [-0.15, -0.1) is 0 Å². The van der Waals surface area contributed by atoms with Crippen LogP contribution >= 0.6 is 11.8 Å². The number of amides is 3. The monoisotopic (exact) mass is 415 g/mol. The van der Waals surface area contributed by atoms with Crippen LogP contribution in [0.1, 0.15) is 46.9 Å². The summed E-state index contributed by atoms with van der Waals surface area (Å²) in [6, 6.07) is 6.42. The standard InChI is InChI=1S/C21H25N3O4S/c1-14(25)15-2-4-16(5-3-15)18(26)23-9-6-21(7-10-23)8-11-24(13-21)19(27)17-12-29-20(28)22-17/h2-5,17H,6-13H2,1H3,(H,22,28)/t17-/m0/s1. The second kappa shape index (κ2) is 7.82. The number of benzene rings is 1. The highest BCUT2D eigenvalue weighted by Gasteiger charge is 2.44. The Kier molecular flexibility index (Phi) is 5.38. The fourth-order valence-electron chi connectivity index (χ4n) is 4.48. The third kappa shape index (κ3) is 4.03. The Bertz CT molecular complexity index is 846. The summed E-state index contributed by atoms with van der Waals surface area (Å²) in [5.41, 5.74) is 1.27. The van der Waals surface area contributed by atoms with E-state index in [1.807, 2.05) is 9.80 Å². The molecule has 154 valence electrons. The Balaban J connectivity index is 1.33. The highest BCUT2D eigenvalue weighted by Crippen LogP contribution is 2.41. The molecule has 0 aliphatic carbocycles. The lowest BCUT2D eigenvalue weighted by atomic mass is 9.77. The number of hydrogen-bond donors (Lipinski definition) is 1. The summed E-state index contributed by atoms with van der Waals surface area (Å²) in [7, 11) is 0. The Labute approximate surface area is 174 Å². The number of nitrogens with zero attached hydrogens (tertiary/aromatic N) is 2. The van der Waals surface area contributed by atoms with Crippen LogP contribution < -0.4 is 5.32 Å². The third-order valence-electron chi connectivity index (χ3n) is 6.37. The van der Waals surface area contributed by atoms with Crippen molar-refractivity contribution in [3.63, 3.8) is 0 Å². The largest absolute Gasteiger partial charge is 0.340 e. The van der Waals surface area contributed by atoms with Gasteiger partial charge in [0, 0.05) is 43.1 Å². The third-order valence-corrected chi connectivity index (χ3v) is 7.25. The van der Waals surface area contributed by atoms with Crippen LogP contribution in [0.25, 0.3) is 0 Å². The maximum Gasteiger partial charge on any atom is 0.279 e. The van der Waals surface area contributed by atoms with Crippen molar-refractivity contribution in [3.05, 3.63) is 35.4 Å². The molecule has 29 heavy (non-hydrogen) atoms. The number of Topliss-reactive ketones (excluding diaryl/α,β-unsaturated/α-hetero) is 1. The van der Waals surface area contributed by atoms with Crippen molar-refractivity contribution in [1.29, 1.82) is 0 Å². The van der Waals surface area contributed by atoms with Gasteiger partial charge in [0.15, 0.2) is 5.78 Å². The molecule has 3 aliphatic heterocycles. The summed E-state index contributed by atoms with van der Waals surface area (Å²) in [4.78, 5) is 52.0. The number of piperidine rings is 1. The molecule has 1 aromatic rings. The minimum Gasteiger partial charge on any atom is -0.340 e. The summed E-state index contributed by atoms with van der Waals surface area (Å²) in [6.45, 7) is 4.28. The molecule has 3 heterocycles. The van der Waals surface area contributed by atoms with Crippen LogP contribution in [0, 0.1) is 5.41 Å². The summed E-state index contributed by atoms with van der Waals surface area (Å²) >= 11 is 1.16. The average Bonchev–Trinajstić information content (AvgIpc) is 3.34. The predicted molar refractivity (Wildman–Crippen MR) is 110 cm³/mol. The van der Waals surface area contributed by atoms with Crippen LogP contribution in [0.5, 0.6) is 0 Å². The van der Waals surface area contributed by atoms with E-state index < -0.39 is 6.04 Å². The minimum atomic E-state index is -0.401. The van der Waals surface area contributed by atoms with Gasteiger partial charge < -0.3 is 15.1 Å².